The minimum Gasteiger partial charge on any atom is -0.497 e. The third-order valence-corrected chi connectivity index (χ3v) is 3.20. The largest absolute Gasteiger partial charge is 0.497 e. The van der Waals surface area contributed by atoms with Crippen LogP contribution in [0.5, 0.6) is 5.75 Å². The molecule has 0 saturated heterocycles. The Morgan fingerprint density at radius 3 is 2.43 bits per heavy atom. The maximum Gasteiger partial charge on any atom is 0.246 e. The van der Waals surface area contributed by atoms with Crippen LogP contribution in [0.15, 0.2) is 47.0 Å². The minimum atomic E-state index is -0.681. The van der Waals surface area contributed by atoms with Crippen molar-refractivity contribution in [1.82, 2.24) is 10.1 Å². The summed E-state index contributed by atoms with van der Waals surface area (Å²) in [6, 6.07) is 10.8. The molecule has 1 N–H and O–H groups in total. The third-order valence-electron chi connectivity index (χ3n) is 3.20. The van der Waals surface area contributed by atoms with Crippen molar-refractivity contribution >= 4 is 5.69 Å². The summed E-state index contributed by atoms with van der Waals surface area (Å²) in [5, 5.41) is 6.46. The van der Waals surface area contributed by atoms with E-state index in [9.17, 15) is 8.78 Å². The zero-order chi connectivity index (χ0) is 16.2. The summed E-state index contributed by atoms with van der Waals surface area (Å²) in [6.07, 6.45) is 0. The maximum atomic E-state index is 13.5. The zero-order valence-corrected chi connectivity index (χ0v) is 12.2. The van der Waals surface area contributed by atoms with E-state index in [1.807, 2.05) is 0 Å². The van der Waals surface area contributed by atoms with Gasteiger partial charge in [0.1, 0.15) is 23.1 Å². The topological polar surface area (TPSA) is 60.2 Å². The number of benzene rings is 2. The molecule has 0 aliphatic heterocycles. The molecule has 0 bridgehead atoms. The first-order chi connectivity index (χ1) is 11.2. The Morgan fingerprint density at radius 2 is 1.78 bits per heavy atom. The van der Waals surface area contributed by atoms with Crippen LogP contribution < -0.4 is 10.1 Å². The molecule has 7 heteroatoms. The van der Waals surface area contributed by atoms with E-state index in [0.717, 1.165) is 5.56 Å². The number of hydrogen-bond acceptors (Lipinski definition) is 5. The zero-order valence-electron chi connectivity index (χ0n) is 12.2. The summed E-state index contributed by atoms with van der Waals surface area (Å²) < 4.78 is 37.2. The highest BCUT2D eigenvalue weighted by Crippen LogP contribution is 2.21. The first kappa shape index (κ1) is 15.0. The lowest BCUT2D eigenvalue weighted by Crippen LogP contribution is -2.04. The molecule has 0 aliphatic carbocycles. The molecule has 5 nitrogen and oxygen atoms in total. The summed E-state index contributed by atoms with van der Waals surface area (Å²) in [4.78, 5) is 4.18. The van der Waals surface area contributed by atoms with E-state index in [-0.39, 0.29) is 18.1 Å². The first-order valence-corrected chi connectivity index (χ1v) is 6.82. The van der Waals surface area contributed by atoms with Crippen molar-refractivity contribution in [3.63, 3.8) is 0 Å². The molecule has 3 aromatic rings. The molecule has 23 heavy (non-hydrogen) atoms. The number of methoxy groups -OCH3 is 1. The van der Waals surface area contributed by atoms with Crippen LogP contribution in [0.1, 0.15) is 5.89 Å². The molecule has 0 saturated carbocycles. The summed E-state index contributed by atoms with van der Waals surface area (Å²) in [5.74, 6) is -0.0362. The van der Waals surface area contributed by atoms with Crippen molar-refractivity contribution in [2.75, 3.05) is 12.4 Å². The van der Waals surface area contributed by atoms with Gasteiger partial charge < -0.3 is 14.6 Å². The van der Waals surface area contributed by atoms with E-state index >= 15 is 0 Å². The van der Waals surface area contributed by atoms with Gasteiger partial charge in [0.05, 0.1) is 13.7 Å². The lowest BCUT2D eigenvalue weighted by atomic mass is 10.2. The van der Waals surface area contributed by atoms with Crippen molar-refractivity contribution < 1.29 is 18.0 Å². The fraction of sp³-hybridized carbons (Fsp3) is 0.125. The van der Waals surface area contributed by atoms with Gasteiger partial charge in [-0.3, -0.25) is 0 Å². The van der Waals surface area contributed by atoms with Gasteiger partial charge in [-0.1, -0.05) is 11.2 Å². The molecule has 0 unspecified atom stereocenters. The summed E-state index contributed by atoms with van der Waals surface area (Å²) in [5.41, 5.74) is 0.523. The van der Waals surface area contributed by atoms with E-state index in [0.29, 0.717) is 11.6 Å². The monoisotopic (exact) mass is 317 g/mol. The average Bonchev–Trinajstić information content (AvgIpc) is 3.03. The minimum absolute atomic E-state index is 0.0149. The molecular weight excluding hydrogens is 304 g/mol. The van der Waals surface area contributed by atoms with Gasteiger partial charge in [0.15, 0.2) is 0 Å². The van der Waals surface area contributed by atoms with Crippen LogP contribution in [0.25, 0.3) is 11.4 Å². The van der Waals surface area contributed by atoms with Crippen LogP contribution in [-0.4, -0.2) is 17.3 Å². The SMILES string of the molecule is COc1ccc(-c2noc(CNc3c(F)cccc3F)n2)cc1. The predicted octanol–water partition coefficient (Wildman–Crippen LogP) is 3.64. The molecule has 3 rings (SSSR count). The highest BCUT2D eigenvalue weighted by Gasteiger charge is 2.12. The molecule has 118 valence electrons. The lowest BCUT2D eigenvalue weighted by molar-refractivity contribution is 0.383. The van der Waals surface area contributed by atoms with Crippen molar-refractivity contribution in [2.24, 2.45) is 0 Å². The second-order valence-electron chi connectivity index (χ2n) is 4.69. The maximum absolute atomic E-state index is 13.5. The van der Waals surface area contributed by atoms with Crippen LogP contribution in [-0.2, 0) is 6.54 Å². The van der Waals surface area contributed by atoms with Crippen LogP contribution in [0.4, 0.5) is 14.5 Å². The number of hydrogen-bond donors (Lipinski definition) is 1. The number of nitrogens with zero attached hydrogens (tertiary/aromatic N) is 2. The number of para-hydroxylation sites is 1. The summed E-state index contributed by atoms with van der Waals surface area (Å²) in [7, 11) is 1.58. The van der Waals surface area contributed by atoms with Crippen molar-refractivity contribution in [2.45, 2.75) is 6.54 Å². The number of halogens is 2. The van der Waals surface area contributed by atoms with Crippen LogP contribution in [0.2, 0.25) is 0 Å². The molecule has 0 amide bonds. The van der Waals surface area contributed by atoms with Gasteiger partial charge in [0.2, 0.25) is 11.7 Å². The van der Waals surface area contributed by atoms with Crippen molar-refractivity contribution in [3.8, 4) is 17.1 Å². The molecule has 0 radical (unpaired) electrons. The smallest absolute Gasteiger partial charge is 0.246 e. The van der Waals surface area contributed by atoms with Gasteiger partial charge >= 0.3 is 0 Å². The summed E-state index contributed by atoms with van der Waals surface area (Å²) in [6.45, 7) is 0.0149. The molecule has 0 spiro atoms. The van der Waals surface area contributed by atoms with E-state index in [2.05, 4.69) is 15.5 Å². The van der Waals surface area contributed by atoms with E-state index < -0.39 is 11.6 Å². The number of rotatable bonds is 5. The number of ether oxygens (including phenoxy) is 1. The molecule has 1 heterocycles. The summed E-state index contributed by atoms with van der Waals surface area (Å²) >= 11 is 0. The highest BCUT2D eigenvalue weighted by molar-refractivity contribution is 5.55. The van der Waals surface area contributed by atoms with Gasteiger partial charge in [0.25, 0.3) is 0 Å². The van der Waals surface area contributed by atoms with Gasteiger partial charge in [0, 0.05) is 5.56 Å². The normalized spacial score (nSPS) is 10.6. The van der Waals surface area contributed by atoms with Gasteiger partial charge in [-0.05, 0) is 36.4 Å². The lowest BCUT2D eigenvalue weighted by Gasteiger charge is -2.05. The van der Waals surface area contributed by atoms with Crippen LogP contribution in [0, 0.1) is 11.6 Å². The van der Waals surface area contributed by atoms with E-state index in [4.69, 9.17) is 9.26 Å². The molecule has 0 atom stereocenters. The van der Waals surface area contributed by atoms with E-state index in [1.165, 1.54) is 18.2 Å². The Kier molecular flexibility index (Phi) is 4.18. The Morgan fingerprint density at radius 1 is 1.09 bits per heavy atom. The van der Waals surface area contributed by atoms with Crippen LogP contribution >= 0.6 is 0 Å². The van der Waals surface area contributed by atoms with Crippen molar-refractivity contribution in [3.05, 3.63) is 60.0 Å². The van der Waals surface area contributed by atoms with Gasteiger partial charge in [-0.25, -0.2) is 8.78 Å². The predicted molar refractivity (Wildman–Crippen MR) is 80.0 cm³/mol. The third kappa shape index (κ3) is 3.28. The standard InChI is InChI=1S/C16H13F2N3O2/c1-22-11-7-5-10(6-8-11)16-20-14(23-21-16)9-19-15-12(17)3-2-4-13(15)18/h2-8,19H,9H2,1H3. The Labute approximate surface area is 130 Å². The average molecular weight is 317 g/mol. The first-order valence-electron chi connectivity index (χ1n) is 6.82. The Balaban J connectivity index is 1.72. The highest BCUT2D eigenvalue weighted by atomic mass is 19.1. The van der Waals surface area contributed by atoms with Gasteiger partial charge in [-0.15, -0.1) is 0 Å². The number of nitrogens with one attached hydrogen (secondary N) is 1. The molecule has 0 fully saturated rings. The van der Waals surface area contributed by atoms with Crippen molar-refractivity contribution in [1.29, 1.82) is 0 Å². The number of aromatic nitrogens is 2. The molecule has 2 aromatic carbocycles. The quantitative estimate of drug-likeness (QED) is 0.778. The fourth-order valence-corrected chi connectivity index (χ4v) is 2.01. The second-order valence-corrected chi connectivity index (χ2v) is 4.69. The fourth-order valence-electron chi connectivity index (χ4n) is 2.01. The molecule has 1 aromatic heterocycles. The van der Waals surface area contributed by atoms with E-state index in [1.54, 1.807) is 31.4 Å². The molecular formula is C16H13F2N3O2. The van der Waals surface area contributed by atoms with Gasteiger partial charge in [-0.2, -0.15) is 4.98 Å². The number of anilines is 1. The second kappa shape index (κ2) is 6.43. The Hall–Kier alpha value is -2.96. The Bertz CT molecular complexity index is 783. The molecule has 0 aliphatic rings. The van der Waals surface area contributed by atoms with Crippen LogP contribution in [0.3, 0.4) is 0 Å².